The molecule has 1 fully saturated rings. The van der Waals surface area contributed by atoms with Crippen LogP contribution in [0.2, 0.25) is 0 Å². The molecule has 0 unspecified atom stereocenters. The molecule has 0 nitrogen and oxygen atoms in total. The van der Waals surface area contributed by atoms with E-state index >= 15 is 0 Å². The van der Waals surface area contributed by atoms with Crippen LogP contribution in [0.15, 0.2) is 24.3 Å². The summed E-state index contributed by atoms with van der Waals surface area (Å²) in [6.07, 6.45) is 10.5. The van der Waals surface area contributed by atoms with Crippen molar-refractivity contribution in [1.82, 2.24) is 0 Å². The molecule has 1 aromatic rings. The summed E-state index contributed by atoms with van der Waals surface area (Å²) in [7, 11) is 0. The Bertz CT molecular complexity index is 290. The second-order valence-corrected chi connectivity index (χ2v) is 5.03. The topological polar surface area (TPSA) is 0 Å². The van der Waals surface area contributed by atoms with Gasteiger partial charge in [-0.2, -0.15) is 0 Å². The second kappa shape index (κ2) is 6.08. The number of unbranched alkanes of at least 4 members (excludes halogenated alkanes) is 1. The van der Waals surface area contributed by atoms with E-state index in [-0.39, 0.29) is 0 Å². The lowest BCUT2D eigenvalue weighted by molar-refractivity contribution is 0.443. The molecular weight excluding hydrogens is 192 g/mol. The van der Waals surface area contributed by atoms with Crippen molar-refractivity contribution in [2.75, 3.05) is 0 Å². The number of aryl methyl sites for hydroxylation is 1. The third-order valence-electron chi connectivity index (χ3n) is 3.77. The van der Waals surface area contributed by atoms with Gasteiger partial charge in [0.2, 0.25) is 0 Å². The van der Waals surface area contributed by atoms with Gasteiger partial charge >= 0.3 is 0 Å². The SMILES string of the molecule is [CH2]CCCc1ccc(C2CCCCC2)cc1. The smallest absolute Gasteiger partial charge is 0.0162 e. The molecule has 1 radical (unpaired) electrons. The first-order valence-electron chi connectivity index (χ1n) is 6.78. The highest BCUT2D eigenvalue weighted by atomic mass is 14.2. The molecule has 0 aromatic heterocycles. The third kappa shape index (κ3) is 3.10. The van der Waals surface area contributed by atoms with Gasteiger partial charge in [-0.1, -0.05) is 56.9 Å². The maximum absolute atomic E-state index is 3.89. The van der Waals surface area contributed by atoms with E-state index < -0.39 is 0 Å². The Morgan fingerprint density at radius 3 is 2.31 bits per heavy atom. The minimum atomic E-state index is 0.843. The zero-order chi connectivity index (χ0) is 11.2. The van der Waals surface area contributed by atoms with Crippen LogP contribution in [0.25, 0.3) is 0 Å². The van der Waals surface area contributed by atoms with Crippen molar-refractivity contribution in [1.29, 1.82) is 0 Å². The molecule has 1 saturated carbocycles. The van der Waals surface area contributed by atoms with E-state index in [4.69, 9.17) is 0 Å². The van der Waals surface area contributed by atoms with Crippen molar-refractivity contribution in [3.63, 3.8) is 0 Å². The van der Waals surface area contributed by atoms with Gasteiger partial charge in [0.15, 0.2) is 0 Å². The van der Waals surface area contributed by atoms with Gasteiger partial charge in [0, 0.05) is 0 Å². The highest BCUT2D eigenvalue weighted by Crippen LogP contribution is 2.32. The van der Waals surface area contributed by atoms with Gasteiger partial charge in [0.05, 0.1) is 0 Å². The van der Waals surface area contributed by atoms with Crippen LogP contribution in [0.3, 0.4) is 0 Å². The summed E-state index contributed by atoms with van der Waals surface area (Å²) in [5.41, 5.74) is 3.04. The third-order valence-corrected chi connectivity index (χ3v) is 3.77. The van der Waals surface area contributed by atoms with Crippen molar-refractivity contribution < 1.29 is 0 Å². The van der Waals surface area contributed by atoms with E-state index in [0.29, 0.717) is 0 Å². The van der Waals surface area contributed by atoms with E-state index in [1.165, 1.54) is 50.5 Å². The first-order chi connectivity index (χ1) is 7.90. The summed E-state index contributed by atoms with van der Waals surface area (Å²) in [6, 6.07) is 9.35. The van der Waals surface area contributed by atoms with Crippen molar-refractivity contribution in [3.8, 4) is 0 Å². The molecule has 0 spiro atoms. The van der Waals surface area contributed by atoms with Gasteiger partial charge in [0.25, 0.3) is 0 Å². The summed E-state index contributed by atoms with van der Waals surface area (Å²) in [5.74, 6) is 0.843. The Hall–Kier alpha value is -0.780. The molecule has 87 valence electrons. The summed E-state index contributed by atoms with van der Waals surface area (Å²) in [4.78, 5) is 0. The van der Waals surface area contributed by atoms with Gasteiger partial charge in [-0.15, -0.1) is 0 Å². The maximum Gasteiger partial charge on any atom is -0.0162 e. The maximum atomic E-state index is 3.89. The van der Waals surface area contributed by atoms with Crippen molar-refractivity contribution in [2.24, 2.45) is 0 Å². The Labute approximate surface area is 100 Å². The van der Waals surface area contributed by atoms with Crippen LogP contribution in [0.4, 0.5) is 0 Å². The molecule has 0 aliphatic heterocycles. The number of hydrogen-bond donors (Lipinski definition) is 0. The van der Waals surface area contributed by atoms with Crippen LogP contribution in [0.5, 0.6) is 0 Å². The average molecular weight is 215 g/mol. The molecule has 0 atom stereocenters. The fourth-order valence-corrected chi connectivity index (χ4v) is 2.72. The normalized spacial score (nSPS) is 17.6. The van der Waals surface area contributed by atoms with E-state index in [0.717, 1.165) is 12.3 Å². The molecule has 1 aliphatic carbocycles. The summed E-state index contributed by atoms with van der Waals surface area (Å²) in [6.45, 7) is 3.89. The van der Waals surface area contributed by atoms with E-state index in [9.17, 15) is 0 Å². The molecule has 0 heteroatoms. The molecule has 0 amide bonds. The standard InChI is InChI=1S/C16H23/c1-2-3-7-14-10-12-16(13-11-14)15-8-5-4-6-9-15/h10-13,15H,1-9H2. The summed E-state index contributed by atoms with van der Waals surface area (Å²) < 4.78 is 0. The predicted octanol–water partition coefficient (Wildman–Crippen LogP) is 4.89. The summed E-state index contributed by atoms with van der Waals surface area (Å²) >= 11 is 0. The summed E-state index contributed by atoms with van der Waals surface area (Å²) in [5, 5.41) is 0. The minimum Gasteiger partial charge on any atom is -0.0588 e. The van der Waals surface area contributed by atoms with Crippen molar-refractivity contribution in [2.45, 2.75) is 57.3 Å². The fourth-order valence-electron chi connectivity index (χ4n) is 2.72. The fraction of sp³-hybridized carbons (Fsp3) is 0.562. The molecule has 1 aromatic carbocycles. The molecule has 0 saturated heterocycles. The van der Waals surface area contributed by atoms with Crippen LogP contribution in [0, 0.1) is 6.92 Å². The van der Waals surface area contributed by atoms with Gasteiger partial charge in [-0.3, -0.25) is 0 Å². The largest absolute Gasteiger partial charge is 0.0588 e. The Kier molecular flexibility index (Phi) is 4.44. The molecular formula is C16H23. The zero-order valence-electron chi connectivity index (χ0n) is 10.3. The van der Waals surface area contributed by atoms with Gasteiger partial charge in [-0.25, -0.2) is 0 Å². The molecule has 0 N–H and O–H groups in total. The first-order valence-corrected chi connectivity index (χ1v) is 6.78. The van der Waals surface area contributed by atoms with Crippen LogP contribution < -0.4 is 0 Å². The lowest BCUT2D eigenvalue weighted by Crippen LogP contribution is -2.04. The minimum absolute atomic E-state index is 0.843. The van der Waals surface area contributed by atoms with Crippen LogP contribution in [0.1, 0.15) is 62.0 Å². The predicted molar refractivity (Wildman–Crippen MR) is 70.6 cm³/mol. The molecule has 1 aliphatic rings. The highest BCUT2D eigenvalue weighted by molar-refractivity contribution is 5.25. The number of hydrogen-bond acceptors (Lipinski definition) is 0. The van der Waals surface area contributed by atoms with Gasteiger partial charge in [-0.05, 0) is 42.7 Å². The van der Waals surface area contributed by atoms with E-state index in [1.807, 2.05) is 0 Å². The number of benzene rings is 1. The van der Waals surface area contributed by atoms with Crippen molar-refractivity contribution >= 4 is 0 Å². The zero-order valence-corrected chi connectivity index (χ0v) is 10.3. The Morgan fingerprint density at radius 2 is 1.69 bits per heavy atom. The van der Waals surface area contributed by atoms with Gasteiger partial charge < -0.3 is 0 Å². The van der Waals surface area contributed by atoms with Crippen LogP contribution >= 0.6 is 0 Å². The lowest BCUT2D eigenvalue weighted by Gasteiger charge is -2.22. The first kappa shape index (κ1) is 11.7. The Morgan fingerprint density at radius 1 is 1.00 bits per heavy atom. The number of rotatable bonds is 4. The lowest BCUT2D eigenvalue weighted by atomic mass is 9.84. The van der Waals surface area contributed by atoms with Crippen LogP contribution in [-0.2, 0) is 6.42 Å². The molecule has 0 bridgehead atoms. The molecule has 2 rings (SSSR count). The van der Waals surface area contributed by atoms with E-state index in [2.05, 4.69) is 31.2 Å². The quantitative estimate of drug-likeness (QED) is 0.670. The Balaban J connectivity index is 1.95. The monoisotopic (exact) mass is 215 g/mol. The molecule has 16 heavy (non-hydrogen) atoms. The second-order valence-electron chi connectivity index (χ2n) is 5.03. The van der Waals surface area contributed by atoms with Gasteiger partial charge in [0.1, 0.15) is 0 Å². The molecule has 0 heterocycles. The average Bonchev–Trinajstić information content (AvgIpc) is 2.38. The highest BCUT2D eigenvalue weighted by Gasteiger charge is 2.14. The van der Waals surface area contributed by atoms with Crippen molar-refractivity contribution in [3.05, 3.63) is 42.3 Å². The van der Waals surface area contributed by atoms with E-state index in [1.54, 1.807) is 5.56 Å². The van der Waals surface area contributed by atoms with Crippen LogP contribution in [-0.4, -0.2) is 0 Å².